The Labute approximate surface area is 93.3 Å². The zero-order chi connectivity index (χ0) is 12.1. The van der Waals surface area contributed by atoms with Gasteiger partial charge in [0, 0.05) is 30.3 Å². The van der Waals surface area contributed by atoms with Crippen LogP contribution in [-0.4, -0.2) is 17.8 Å². The minimum atomic E-state index is -0.462. The monoisotopic (exact) mass is 219 g/mol. The highest BCUT2D eigenvalue weighted by Gasteiger charge is 2.39. The molecule has 16 heavy (non-hydrogen) atoms. The van der Waals surface area contributed by atoms with Crippen LogP contribution in [0.2, 0.25) is 0 Å². The van der Waals surface area contributed by atoms with E-state index in [1.165, 1.54) is 6.07 Å². The fourth-order valence-electron chi connectivity index (χ4n) is 2.10. The molecule has 5 nitrogen and oxygen atoms in total. The van der Waals surface area contributed by atoms with Crippen LogP contribution in [0.3, 0.4) is 0 Å². The smallest absolute Gasteiger partial charge is 0.269 e. The Morgan fingerprint density at radius 1 is 1.44 bits per heavy atom. The number of nitrogens with one attached hydrogen (secondary N) is 1. The van der Waals surface area contributed by atoms with Crippen molar-refractivity contribution in [2.75, 3.05) is 11.9 Å². The first-order valence-corrected chi connectivity index (χ1v) is 4.97. The van der Waals surface area contributed by atoms with Gasteiger partial charge in [-0.25, -0.2) is 0 Å². The standard InChI is InChI=1S/C11H13N3O2/c1-11(2)8-6-7(14(15)16)4-5-9(8)13(3)10(11)12/h4-6,12H,1-3H3. The molecule has 0 amide bonds. The summed E-state index contributed by atoms with van der Waals surface area (Å²) in [5, 5.41) is 18.7. The number of nitrogens with zero attached hydrogens (tertiary/aromatic N) is 2. The summed E-state index contributed by atoms with van der Waals surface area (Å²) in [6, 6.07) is 4.74. The molecule has 5 heteroatoms. The van der Waals surface area contributed by atoms with Gasteiger partial charge < -0.3 is 4.90 Å². The summed E-state index contributed by atoms with van der Waals surface area (Å²) in [5.41, 5.74) is 1.33. The molecule has 1 N–H and O–H groups in total. The molecule has 0 saturated carbocycles. The van der Waals surface area contributed by atoms with E-state index < -0.39 is 10.3 Å². The molecular weight excluding hydrogens is 206 g/mol. The van der Waals surface area contributed by atoms with Crippen molar-refractivity contribution in [3.8, 4) is 0 Å². The number of fused-ring (bicyclic) bond motifs is 1. The first-order chi connectivity index (χ1) is 7.35. The highest BCUT2D eigenvalue weighted by molar-refractivity contribution is 6.09. The average molecular weight is 219 g/mol. The van der Waals surface area contributed by atoms with E-state index in [9.17, 15) is 10.1 Å². The van der Waals surface area contributed by atoms with Crippen molar-refractivity contribution in [3.63, 3.8) is 0 Å². The molecule has 2 rings (SSSR count). The largest absolute Gasteiger partial charge is 0.332 e. The molecule has 0 aliphatic carbocycles. The summed E-state index contributed by atoms with van der Waals surface area (Å²) in [6.07, 6.45) is 0. The number of likely N-dealkylation sites (N-methyl/N-ethyl adjacent to an activating group) is 1. The molecule has 0 saturated heterocycles. The second-order valence-corrected chi connectivity index (χ2v) is 4.49. The Kier molecular flexibility index (Phi) is 2.01. The maximum absolute atomic E-state index is 10.7. The summed E-state index contributed by atoms with van der Waals surface area (Å²) in [6.45, 7) is 3.81. The SMILES string of the molecule is CN1C(=N)C(C)(C)c2cc([N+](=O)[O-])ccc21. The molecule has 1 aliphatic heterocycles. The molecule has 0 fully saturated rings. The van der Waals surface area contributed by atoms with Gasteiger partial charge in [-0.2, -0.15) is 0 Å². The number of nitro benzene ring substituents is 1. The molecule has 84 valence electrons. The maximum Gasteiger partial charge on any atom is 0.269 e. The first kappa shape index (κ1) is 10.6. The van der Waals surface area contributed by atoms with Crippen LogP contribution in [-0.2, 0) is 5.41 Å². The number of amidine groups is 1. The third-order valence-corrected chi connectivity index (χ3v) is 3.15. The summed E-state index contributed by atoms with van der Waals surface area (Å²) in [4.78, 5) is 12.1. The number of nitro groups is 1. The van der Waals surface area contributed by atoms with Gasteiger partial charge in [0.15, 0.2) is 0 Å². The fraction of sp³-hybridized carbons (Fsp3) is 0.364. The van der Waals surface area contributed by atoms with E-state index in [1.807, 2.05) is 20.9 Å². The summed E-state index contributed by atoms with van der Waals surface area (Å²) < 4.78 is 0. The third-order valence-electron chi connectivity index (χ3n) is 3.15. The molecule has 1 aromatic rings. The van der Waals surface area contributed by atoms with Gasteiger partial charge in [0.2, 0.25) is 0 Å². The zero-order valence-corrected chi connectivity index (χ0v) is 9.44. The third kappa shape index (κ3) is 1.21. The molecule has 1 aromatic carbocycles. The number of benzene rings is 1. The van der Waals surface area contributed by atoms with Crippen molar-refractivity contribution < 1.29 is 4.92 Å². The Bertz CT molecular complexity index is 494. The van der Waals surface area contributed by atoms with Crippen LogP contribution in [0.5, 0.6) is 0 Å². The highest BCUT2D eigenvalue weighted by atomic mass is 16.6. The molecule has 0 spiro atoms. The summed E-state index contributed by atoms with van der Waals surface area (Å²) >= 11 is 0. The van der Waals surface area contributed by atoms with Gasteiger partial charge in [-0.15, -0.1) is 0 Å². The molecule has 1 aliphatic rings. The molecule has 0 atom stereocenters. The van der Waals surface area contributed by atoms with Crippen LogP contribution in [0.15, 0.2) is 18.2 Å². The zero-order valence-electron chi connectivity index (χ0n) is 9.44. The van der Waals surface area contributed by atoms with Crippen molar-refractivity contribution in [3.05, 3.63) is 33.9 Å². The van der Waals surface area contributed by atoms with Crippen LogP contribution in [0.1, 0.15) is 19.4 Å². The van der Waals surface area contributed by atoms with E-state index in [4.69, 9.17) is 5.41 Å². The summed E-state index contributed by atoms with van der Waals surface area (Å²) in [5.74, 6) is 0.461. The number of non-ortho nitro benzene ring substituents is 1. The van der Waals surface area contributed by atoms with Crippen LogP contribution in [0, 0.1) is 15.5 Å². The second-order valence-electron chi connectivity index (χ2n) is 4.49. The van der Waals surface area contributed by atoms with Gasteiger partial charge in [-0.05, 0) is 25.5 Å². The van der Waals surface area contributed by atoms with Gasteiger partial charge in [0.25, 0.3) is 5.69 Å². The number of hydrogen-bond acceptors (Lipinski definition) is 3. The average Bonchev–Trinajstić information content (AvgIpc) is 2.40. The van der Waals surface area contributed by atoms with E-state index in [-0.39, 0.29) is 5.69 Å². The normalized spacial score (nSPS) is 17.4. The Balaban J connectivity index is 2.65. The summed E-state index contributed by atoms with van der Waals surface area (Å²) in [7, 11) is 1.81. The van der Waals surface area contributed by atoms with Crippen LogP contribution >= 0.6 is 0 Å². The van der Waals surface area contributed by atoms with Gasteiger partial charge in [-0.1, -0.05) is 0 Å². The molecule has 0 unspecified atom stereocenters. The van der Waals surface area contributed by atoms with Crippen molar-refractivity contribution in [1.82, 2.24) is 0 Å². The van der Waals surface area contributed by atoms with Crippen molar-refractivity contribution in [2.45, 2.75) is 19.3 Å². The van der Waals surface area contributed by atoms with Crippen molar-refractivity contribution in [2.24, 2.45) is 0 Å². The highest BCUT2D eigenvalue weighted by Crippen LogP contribution is 2.42. The van der Waals surface area contributed by atoms with Gasteiger partial charge >= 0.3 is 0 Å². The van der Waals surface area contributed by atoms with E-state index in [0.717, 1.165) is 11.3 Å². The van der Waals surface area contributed by atoms with E-state index in [2.05, 4.69) is 0 Å². The van der Waals surface area contributed by atoms with Gasteiger partial charge in [0.05, 0.1) is 4.92 Å². The van der Waals surface area contributed by atoms with Crippen molar-refractivity contribution in [1.29, 1.82) is 5.41 Å². The lowest BCUT2D eigenvalue weighted by molar-refractivity contribution is -0.384. The molecule has 0 aromatic heterocycles. The molecule has 1 heterocycles. The lowest BCUT2D eigenvalue weighted by Gasteiger charge is -2.19. The fourth-order valence-corrected chi connectivity index (χ4v) is 2.10. The van der Waals surface area contributed by atoms with E-state index in [1.54, 1.807) is 17.0 Å². The van der Waals surface area contributed by atoms with Gasteiger partial charge in [0.1, 0.15) is 5.84 Å². The predicted octanol–water partition coefficient (Wildman–Crippen LogP) is 2.30. The van der Waals surface area contributed by atoms with Crippen molar-refractivity contribution >= 4 is 17.2 Å². The van der Waals surface area contributed by atoms with Crippen LogP contribution < -0.4 is 4.90 Å². The molecule has 0 bridgehead atoms. The maximum atomic E-state index is 10.7. The second kappa shape index (κ2) is 3.04. The predicted molar refractivity (Wildman–Crippen MR) is 62.3 cm³/mol. The van der Waals surface area contributed by atoms with E-state index in [0.29, 0.717) is 5.84 Å². The number of rotatable bonds is 1. The Morgan fingerprint density at radius 2 is 2.06 bits per heavy atom. The molecule has 0 radical (unpaired) electrons. The lowest BCUT2D eigenvalue weighted by atomic mass is 9.85. The lowest BCUT2D eigenvalue weighted by Crippen LogP contribution is -2.32. The Morgan fingerprint density at radius 3 is 2.62 bits per heavy atom. The number of anilines is 1. The number of hydrogen-bond donors (Lipinski definition) is 1. The first-order valence-electron chi connectivity index (χ1n) is 4.97. The minimum Gasteiger partial charge on any atom is -0.332 e. The Hall–Kier alpha value is -1.91. The van der Waals surface area contributed by atoms with Gasteiger partial charge in [-0.3, -0.25) is 15.5 Å². The topological polar surface area (TPSA) is 70.2 Å². The minimum absolute atomic E-state index is 0.0786. The molecular formula is C11H13N3O2. The van der Waals surface area contributed by atoms with E-state index >= 15 is 0 Å². The van der Waals surface area contributed by atoms with Crippen LogP contribution in [0.25, 0.3) is 0 Å². The quantitative estimate of drug-likeness (QED) is 0.582. The van der Waals surface area contributed by atoms with Crippen LogP contribution in [0.4, 0.5) is 11.4 Å².